The lowest BCUT2D eigenvalue weighted by Crippen LogP contribution is -2.33. The van der Waals surface area contributed by atoms with Crippen LogP contribution in [-0.2, 0) is 32.4 Å². The van der Waals surface area contributed by atoms with Crippen LogP contribution in [0.1, 0.15) is 11.1 Å². The summed E-state index contributed by atoms with van der Waals surface area (Å²) in [6, 6.07) is 16.7. The van der Waals surface area contributed by atoms with Crippen molar-refractivity contribution in [3.8, 4) is 12.1 Å². The van der Waals surface area contributed by atoms with E-state index in [2.05, 4.69) is 0 Å². The molecule has 0 unspecified atom stereocenters. The van der Waals surface area contributed by atoms with Crippen LogP contribution >= 0.6 is 0 Å². The normalized spacial score (nSPS) is 12.4. The molecule has 0 heterocycles. The number of benzene rings is 4. The molecule has 0 bridgehead atoms. The van der Waals surface area contributed by atoms with Gasteiger partial charge in [-0.3, -0.25) is 8.61 Å². The van der Waals surface area contributed by atoms with Gasteiger partial charge in [0, 0.05) is 10.8 Å². The van der Waals surface area contributed by atoms with Gasteiger partial charge in [0.2, 0.25) is 0 Å². The maximum Gasteiger partial charge on any atom is 0.416 e. The zero-order chi connectivity index (χ0) is 32.5. The summed E-state index contributed by atoms with van der Waals surface area (Å²) in [5, 5.41) is 19.1. The van der Waals surface area contributed by atoms with Crippen LogP contribution in [0.15, 0.2) is 94.7 Å². The first-order valence-electron chi connectivity index (χ1n) is 12.2. The lowest BCUT2D eigenvalue weighted by atomic mass is 10.1. The van der Waals surface area contributed by atoms with E-state index in [-0.39, 0.29) is 22.1 Å². The summed E-state index contributed by atoms with van der Waals surface area (Å²) in [6.45, 7) is -1.56. The second-order valence-electron chi connectivity index (χ2n) is 9.03. The van der Waals surface area contributed by atoms with Gasteiger partial charge in [0.15, 0.2) is 0 Å². The number of nitriles is 2. The van der Waals surface area contributed by atoms with Crippen molar-refractivity contribution < 1.29 is 43.2 Å². The maximum absolute atomic E-state index is 13.6. The molecule has 8 nitrogen and oxygen atoms in total. The molecule has 4 aromatic rings. The molecule has 4 rings (SSSR count). The Hall–Kier alpha value is -4.80. The molecule has 0 saturated heterocycles. The van der Waals surface area contributed by atoms with Gasteiger partial charge in [-0.15, -0.1) is 0 Å². The van der Waals surface area contributed by atoms with Gasteiger partial charge >= 0.3 is 12.4 Å². The summed E-state index contributed by atoms with van der Waals surface area (Å²) < 4.78 is 134. The van der Waals surface area contributed by atoms with Crippen LogP contribution in [0.25, 0.3) is 10.8 Å². The predicted octanol–water partition coefficient (Wildman–Crippen LogP) is 6.32. The van der Waals surface area contributed by atoms with Gasteiger partial charge in [0.25, 0.3) is 20.0 Å². The smallest absolute Gasteiger partial charge is 0.252 e. The fourth-order valence-corrected chi connectivity index (χ4v) is 7.08. The summed E-state index contributed by atoms with van der Waals surface area (Å²) in [5.41, 5.74) is -2.45. The first-order valence-corrected chi connectivity index (χ1v) is 15.1. The van der Waals surface area contributed by atoms with Crippen molar-refractivity contribution in [3.63, 3.8) is 0 Å². The van der Waals surface area contributed by atoms with Gasteiger partial charge < -0.3 is 0 Å². The van der Waals surface area contributed by atoms with Crippen molar-refractivity contribution in [2.75, 3.05) is 21.7 Å². The number of hydrogen-bond donors (Lipinski definition) is 0. The quantitative estimate of drug-likeness (QED) is 0.162. The van der Waals surface area contributed by atoms with Gasteiger partial charge in [-0.2, -0.15) is 36.9 Å². The largest absolute Gasteiger partial charge is 0.416 e. The van der Waals surface area contributed by atoms with Gasteiger partial charge in [0.05, 0.1) is 44.4 Å². The third kappa shape index (κ3) is 6.13. The first-order chi connectivity index (χ1) is 20.5. The average Bonchev–Trinajstić information content (AvgIpc) is 2.97. The number of fused-ring (bicyclic) bond motifs is 1. The Morgan fingerprint density at radius 2 is 0.864 bits per heavy atom. The summed E-state index contributed by atoms with van der Waals surface area (Å²) in [6.07, 6.45) is -9.45. The molecule has 0 aliphatic heterocycles. The Morgan fingerprint density at radius 1 is 0.545 bits per heavy atom. The van der Waals surface area contributed by atoms with Gasteiger partial charge in [-0.05, 0) is 60.7 Å². The molecule has 0 radical (unpaired) electrons. The molecule has 0 N–H and O–H groups in total. The van der Waals surface area contributed by atoms with Gasteiger partial charge in [-0.25, -0.2) is 16.8 Å². The van der Waals surface area contributed by atoms with E-state index in [1.807, 2.05) is 0 Å². The highest BCUT2D eigenvalue weighted by molar-refractivity contribution is 7.93. The number of alkyl halides is 6. The molecular weight excluding hydrogens is 634 g/mol. The molecule has 0 amide bonds. The van der Waals surface area contributed by atoms with E-state index in [9.17, 15) is 53.7 Å². The Bertz CT molecular complexity index is 1850. The van der Waals surface area contributed by atoms with E-state index in [4.69, 9.17) is 0 Å². The number of rotatable bonds is 8. The molecule has 44 heavy (non-hydrogen) atoms. The highest BCUT2D eigenvalue weighted by Crippen LogP contribution is 2.39. The highest BCUT2D eigenvalue weighted by atomic mass is 32.2. The van der Waals surface area contributed by atoms with E-state index >= 15 is 0 Å². The van der Waals surface area contributed by atoms with Gasteiger partial charge in [0.1, 0.15) is 13.1 Å². The third-order valence-corrected chi connectivity index (χ3v) is 9.93. The highest BCUT2D eigenvalue weighted by Gasteiger charge is 2.34. The van der Waals surface area contributed by atoms with E-state index in [0.717, 1.165) is 36.4 Å². The van der Waals surface area contributed by atoms with Crippen LogP contribution in [0.5, 0.6) is 0 Å². The molecule has 0 aliphatic carbocycles. The molecule has 228 valence electrons. The second-order valence-corrected chi connectivity index (χ2v) is 12.8. The number of hydrogen-bond acceptors (Lipinski definition) is 6. The number of halogens is 6. The van der Waals surface area contributed by atoms with Crippen molar-refractivity contribution in [1.82, 2.24) is 0 Å². The minimum atomic E-state index is -4.73. The standard InChI is InChI=1S/C28H18F6N4O4S2/c29-27(30,31)19-5-9-21(10-6-19)43(39,40)37(17-15-35)25-13-14-26(24-4-2-1-3-23(24)25)38(18-16-36)44(41,42)22-11-7-20(8-12-22)28(32,33)34/h1-14H,17-18H2. The van der Waals surface area contributed by atoms with Crippen molar-refractivity contribution in [2.24, 2.45) is 0 Å². The summed E-state index contributed by atoms with van der Waals surface area (Å²) in [4.78, 5) is -1.10. The zero-order valence-electron chi connectivity index (χ0n) is 22.0. The SMILES string of the molecule is N#CCN(c1ccc(N(CC#N)S(=O)(=O)c2ccc(C(F)(F)F)cc2)c2ccccc12)S(=O)(=O)c1ccc(C(F)(F)F)cc1. The van der Waals surface area contributed by atoms with Crippen molar-refractivity contribution in [2.45, 2.75) is 22.1 Å². The lowest BCUT2D eigenvalue weighted by Gasteiger charge is -2.27. The fraction of sp³-hybridized carbons (Fsp3) is 0.143. The summed E-state index contributed by atoms with van der Waals surface area (Å²) >= 11 is 0. The molecule has 16 heteroatoms. The van der Waals surface area contributed by atoms with Crippen LogP contribution in [0.2, 0.25) is 0 Å². The molecule has 0 aliphatic rings. The molecule has 0 aromatic heterocycles. The van der Waals surface area contributed by atoms with E-state index in [0.29, 0.717) is 32.9 Å². The Kier molecular flexibility index (Phi) is 8.55. The van der Waals surface area contributed by atoms with Crippen LogP contribution in [0, 0.1) is 22.7 Å². The van der Waals surface area contributed by atoms with Crippen LogP contribution < -0.4 is 8.61 Å². The summed E-state index contributed by atoms with van der Waals surface area (Å²) in [7, 11) is -9.27. The van der Waals surface area contributed by atoms with Crippen LogP contribution in [0.4, 0.5) is 37.7 Å². The van der Waals surface area contributed by atoms with Crippen molar-refractivity contribution >= 4 is 42.2 Å². The first kappa shape index (κ1) is 32.1. The predicted molar refractivity (Wildman–Crippen MR) is 147 cm³/mol. The zero-order valence-corrected chi connectivity index (χ0v) is 23.6. The van der Waals surface area contributed by atoms with Crippen molar-refractivity contribution in [1.29, 1.82) is 10.5 Å². The maximum atomic E-state index is 13.6. The second kappa shape index (κ2) is 11.7. The van der Waals surface area contributed by atoms with Crippen molar-refractivity contribution in [3.05, 3.63) is 96.1 Å². The van der Waals surface area contributed by atoms with Crippen LogP contribution in [-0.4, -0.2) is 29.9 Å². The molecule has 0 spiro atoms. The molecular formula is C28H18F6N4O4S2. The third-order valence-electron chi connectivity index (χ3n) is 6.38. The number of sulfonamides is 2. The minimum absolute atomic E-state index is 0.0845. The fourth-order valence-electron chi connectivity index (χ4n) is 4.32. The monoisotopic (exact) mass is 652 g/mol. The lowest BCUT2D eigenvalue weighted by molar-refractivity contribution is -0.138. The molecule has 4 aromatic carbocycles. The van der Waals surface area contributed by atoms with Gasteiger partial charge in [-0.1, -0.05) is 24.3 Å². The average molecular weight is 653 g/mol. The van der Waals surface area contributed by atoms with E-state index < -0.39 is 66.4 Å². The summed E-state index contributed by atoms with van der Waals surface area (Å²) in [5.74, 6) is 0. The molecule has 0 fully saturated rings. The Labute approximate surface area is 247 Å². The molecule has 0 saturated carbocycles. The Morgan fingerprint density at radius 3 is 1.14 bits per heavy atom. The minimum Gasteiger partial charge on any atom is -0.252 e. The van der Waals surface area contributed by atoms with E-state index in [1.54, 1.807) is 12.1 Å². The van der Waals surface area contributed by atoms with Crippen LogP contribution in [0.3, 0.4) is 0 Å². The van der Waals surface area contributed by atoms with E-state index in [1.165, 1.54) is 24.3 Å². The topological polar surface area (TPSA) is 122 Å². The number of anilines is 2. The molecule has 0 atom stereocenters. The number of nitrogens with zero attached hydrogens (tertiary/aromatic N) is 4. The Balaban J connectivity index is 1.86.